The fourth-order valence-corrected chi connectivity index (χ4v) is 2.94. The molecule has 2 heterocycles. The fraction of sp³-hybridized carbons (Fsp3) is 0.538. The smallest absolute Gasteiger partial charge is 0.240 e. The molecule has 2 rings (SSSR count). The van der Waals surface area contributed by atoms with Crippen LogP contribution in [0.15, 0.2) is 11.4 Å². The van der Waals surface area contributed by atoms with E-state index in [9.17, 15) is 0 Å². The highest BCUT2D eigenvalue weighted by atomic mass is 32.1. The molecule has 3 N–H and O–H groups in total. The summed E-state index contributed by atoms with van der Waals surface area (Å²) in [6, 6.07) is 2.18. The lowest BCUT2D eigenvalue weighted by molar-refractivity contribution is 0.170. The number of methoxy groups -OCH3 is 2. The highest BCUT2D eigenvalue weighted by molar-refractivity contribution is 7.16. The predicted molar refractivity (Wildman–Crippen MR) is 85.8 cm³/mol. The SMILES string of the molecule is COCCN(c1nc(NN)nc2sccc12)C(C)COC. The van der Waals surface area contributed by atoms with E-state index in [-0.39, 0.29) is 6.04 Å². The first-order valence-electron chi connectivity index (χ1n) is 6.67. The van der Waals surface area contributed by atoms with Crippen LogP contribution in [0.5, 0.6) is 0 Å². The number of anilines is 2. The van der Waals surface area contributed by atoms with Gasteiger partial charge in [0.15, 0.2) is 0 Å². The largest absolute Gasteiger partial charge is 0.383 e. The van der Waals surface area contributed by atoms with Gasteiger partial charge in [-0.1, -0.05) is 0 Å². The molecule has 0 aliphatic rings. The molecule has 0 aliphatic heterocycles. The molecule has 116 valence electrons. The van der Waals surface area contributed by atoms with E-state index in [0.29, 0.717) is 25.7 Å². The second-order valence-electron chi connectivity index (χ2n) is 4.65. The summed E-state index contributed by atoms with van der Waals surface area (Å²) in [5.74, 6) is 6.73. The standard InChI is InChI=1S/C13H21N5O2S/c1-9(8-20-3)18(5-6-19-2)11-10-4-7-21-12(10)16-13(15-11)17-14/h4,7,9H,5-6,8,14H2,1-3H3,(H,15,16,17). The normalized spacial score (nSPS) is 12.6. The van der Waals surface area contributed by atoms with Crippen LogP contribution < -0.4 is 16.2 Å². The topological polar surface area (TPSA) is 85.5 Å². The first-order valence-corrected chi connectivity index (χ1v) is 7.55. The number of nitrogens with zero attached hydrogens (tertiary/aromatic N) is 3. The van der Waals surface area contributed by atoms with Crippen molar-refractivity contribution in [3.05, 3.63) is 11.4 Å². The van der Waals surface area contributed by atoms with E-state index >= 15 is 0 Å². The van der Waals surface area contributed by atoms with Gasteiger partial charge < -0.3 is 14.4 Å². The van der Waals surface area contributed by atoms with Crippen molar-refractivity contribution >= 4 is 33.3 Å². The number of aromatic nitrogens is 2. The summed E-state index contributed by atoms with van der Waals surface area (Å²) >= 11 is 1.56. The Morgan fingerprint density at radius 3 is 2.86 bits per heavy atom. The number of thiophene rings is 1. The van der Waals surface area contributed by atoms with E-state index in [1.165, 1.54) is 0 Å². The van der Waals surface area contributed by atoms with Gasteiger partial charge in [0.1, 0.15) is 10.6 Å². The summed E-state index contributed by atoms with van der Waals surface area (Å²) < 4.78 is 10.5. The van der Waals surface area contributed by atoms with Gasteiger partial charge in [0, 0.05) is 20.8 Å². The van der Waals surface area contributed by atoms with Crippen LogP contribution in [0, 0.1) is 0 Å². The van der Waals surface area contributed by atoms with Crippen molar-refractivity contribution in [2.75, 3.05) is 44.3 Å². The maximum absolute atomic E-state index is 5.48. The Labute approximate surface area is 128 Å². The van der Waals surface area contributed by atoms with Crippen LogP contribution >= 0.6 is 11.3 Å². The molecule has 0 saturated carbocycles. The lowest BCUT2D eigenvalue weighted by Crippen LogP contribution is -2.39. The van der Waals surface area contributed by atoms with Crippen molar-refractivity contribution in [2.24, 2.45) is 5.84 Å². The number of rotatable bonds is 8. The Balaban J connectivity index is 2.43. The third-order valence-corrected chi connectivity index (χ3v) is 3.99. The molecule has 0 fully saturated rings. The van der Waals surface area contributed by atoms with E-state index in [4.69, 9.17) is 15.3 Å². The summed E-state index contributed by atoms with van der Waals surface area (Å²) in [6.07, 6.45) is 0. The quantitative estimate of drug-likeness (QED) is 0.564. The summed E-state index contributed by atoms with van der Waals surface area (Å²) in [4.78, 5) is 11.9. The summed E-state index contributed by atoms with van der Waals surface area (Å²) in [6.45, 7) is 4.02. The van der Waals surface area contributed by atoms with E-state index < -0.39 is 0 Å². The van der Waals surface area contributed by atoms with Gasteiger partial charge in [-0.3, -0.25) is 5.43 Å². The number of ether oxygens (including phenoxy) is 2. The van der Waals surface area contributed by atoms with Gasteiger partial charge in [-0.25, -0.2) is 10.8 Å². The third kappa shape index (κ3) is 3.59. The minimum absolute atomic E-state index is 0.161. The number of hydrogen-bond acceptors (Lipinski definition) is 8. The molecule has 0 aliphatic carbocycles. The average molecular weight is 311 g/mol. The minimum Gasteiger partial charge on any atom is -0.383 e. The number of nitrogen functional groups attached to an aromatic ring is 1. The molecule has 7 nitrogen and oxygen atoms in total. The zero-order chi connectivity index (χ0) is 15.2. The fourth-order valence-electron chi connectivity index (χ4n) is 2.18. The molecule has 2 aromatic rings. The second-order valence-corrected chi connectivity index (χ2v) is 5.54. The van der Waals surface area contributed by atoms with Gasteiger partial charge in [0.25, 0.3) is 0 Å². The number of fused-ring (bicyclic) bond motifs is 1. The molecule has 0 radical (unpaired) electrons. The van der Waals surface area contributed by atoms with Crippen LogP contribution in [-0.4, -0.2) is 50.0 Å². The van der Waals surface area contributed by atoms with Crippen molar-refractivity contribution < 1.29 is 9.47 Å². The van der Waals surface area contributed by atoms with Crippen LogP contribution in [0.1, 0.15) is 6.92 Å². The Bertz CT molecular complexity index is 577. The maximum atomic E-state index is 5.48. The zero-order valence-corrected chi connectivity index (χ0v) is 13.3. The van der Waals surface area contributed by atoms with Gasteiger partial charge in [-0.15, -0.1) is 11.3 Å². The summed E-state index contributed by atoms with van der Waals surface area (Å²) in [5, 5.41) is 3.01. The van der Waals surface area contributed by atoms with Crippen molar-refractivity contribution in [3.8, 4) is 0 Å². The lowest BCUT2D eigenvalue weighted by atomic mass is 10.2. The molecular formula is C13H21N5O2S. The molecule has 8 heteroatoms. The molecule has 0 saturated heterocycles. The predicted octanol–water partition coefficient (Wildman–Crippen LogP) is 1.46. The van der Waals surface area contributed by atoms with Crippen LogP contribution in [0.4, 0.5) is 11.8 Å². The van der Waals surface area contributed by atoms with Gasteiger partial charge >= 0.3 is 0 Å². The van der Waals surface area contributed by atoms with Crippen molar-refractivity contribution in [1.82, 2.24) is 9.97 Å². The number of nitrogens with one attached hydrogen (secondary N) is 1. The van der Waals surface area contributed by atoms with Gasteiger partial charge in [-0.05, 0) is 18.4 Å². The maximum Gasteiger partial charge on any atom is 0.240 e. The number of hydrogen-bond donors (Lipinski definition) is 2. The molecule has 21 heavy (non-hydrogen) atoms. The van der Waals surface area contributed by atoms with Crippen molar-refractivity contribution in [2.45, 2.75) is 13.0 Å². The van der Waals surface area contributed by atoms with Gasteiger partial charge in [0.05, 0.1) is 24.6 Å². The molecule has 0 amide bonds. The van der Waals surface area contributed by atoms with E-state index in [1.54, 1.807) is 25.6 Å². The van der Waals surface area contributed by atoms with E-state index in [1.807, 2.05) is 11.4 Å². The molecule has 2 aromatic heterocycles. The van der Waals surface area contributed by atoms with Gasteiger partial charge in [0.2, 0.25) is 5.95 Å². The zero-order valence-electron chi connectivity index (χ0n) is 12.5. The third-order valence-electron chi connectivity index (χ3n) is 3.18. The first-order chi connectivity index (χ1) is 10.2. The van der Waals surface area contributed by atoms with Crippen LogP contribution in [-0.2, 0) is 9.47 Å². The highest BCUT2D eigenvalue weighted by Crippen LogP contribution is 2.30. The first kappa shape index (κ1) is 15.9. The molecular weight excluding hydrogens is 290 g/mol. The summed E-state index contributed by atoms with van der Waals surface area (Å²) in [5.41, 5.74) is 2.53. The Kier molecular flexibility index (Phi) is 5.68. The van der Waals surface area contributed by atoms with Crippen molar-refractivity contribution in [3.63, 3.8) is 0 Å². The molecule has 1 unspecified atom stereocenters. The number of nitrogens with two attached hydrogens (primary N) is 1. The molecule has 0 aromatic carbocycles. The molecule has 0 spiro atoms. The Morgan fingerprint density at radius 1 is 1.38 bits per heavy atom. The number of hydrazine groups is 1. The minimum atomic E-state index is 0.161. The lowest BCUT2D eigenvalue weighted by Gasteiger charge is -2.30. The van der Waals surface area contributed by atoms with E-state index in [0.717, 1.165) is 16.0 Å². The Hall–Kier alpha value is -1.48. The highest BCUT2D eigenvalue weighted by Gasteiger charge is 2.20. The van der Waals surface area contributed by atoms with Crippen LogP contribution in [0.2, 0.25) is 0 Å². The summed E-state index contributed by atoms with van der Waals surface area (Å²) in [7, 11) is 3.38. The second kappa shape index (κ2) is 7.51. The monoisotopic (exact) mass is 311 g/mol. The average Bonchev–Trinajstić information content (AvgIpc) is 2.96. The van der Waals surface area contributed by atoms with E-state index in [2.05, 4.69) is 27.2 Å². The molecule has 0 bridgehead atoms. The van der Waals surface area contributed by atoms with Crippen LogP contribution in [0.3, 0.4) is 0 Å². The molecule has 1 atom stereocenters. The van der Waals surface area contributed by atoms with Crippen molar-refractivity contribution in [1.29, 1.82) is 0 Å². The van der Waals surface area contributed by atoms with Crippen LogP contribution in [0.25, 0.3) is 10.2 Å². The van der Waals surface area contributed by atoms with Gasteiger partial charge in [-0.2, -0.15) is 4.98 Å². The Morgan fingerprint density at radius 2 is 2.19 bits per heavy atom.